The molecule has 0 bridgehead atoms. The molecule has 8 heteroatoms. The van der Waals surface area contributed by atoms with E-state index in [4.69, 9.17) is 0 Å². The first-order chi connectivity index (χ1) is 10.4. The summed E-state index contributed by atoms with van der Waals surface area (Å²) in [6, 6.07) is 5.03. The molecule has 1 aromatic carbocycles. The van der Waals surface area contributed by atoms with E-state index in [1.807, 2.05) is 0 Å². The normalized spacial score (nSPS) is 10.7. The van der Waals surface area contributed by atoms with Gasteiger partial charge in [0.2, 0.25) is 0 Å². The zero-order valence-electron chi connectivity index (χ0n) is 11.4. The number of carbonyl (C=O) groups excluding carboxylic acids is 1. The number of hydrogen-bond acceptors (Lipinski definition) is 4. The first-order valence-electron chi connectivity index (χ1n) is 6.12. The van der Waals surface area contributed by atoms with Crippen LogP contribution in [0.3, 0.4) is 0 Å². The topological polar surface area (TPSA) is 54.9 Å². The smallest absolute Gasteiger partial charge is 0.340 e. The van der Waals surface area contributed by atoms with Crippen molar-refractivity contribution < 1.29 is 18.0 Å². The second-order valence-corrected chi connectivity index (χ2v) is 4.97. The highest BCUT2D eigenvalue weighted by Crippen LogP contribution is 2.31. The summed E-state index contributed by atoms with van der Waals surface area (Å²) in [7, 11) is 0. The van der Waals surface area contributed by atoms with Gasteiger partial charge in [-0.3, -0.25) is 4.79 Å². The minimum atomic E-state index is -4.46. The zero-order chi connectivity index (χ0) is 16.2. The van der Waals surface area contributed by atoms with Crippen LogP contribution in [0.1, 0.15) is 26.5 Å². The van der Waals surface area contributed by atoms with E-state index in [2.05, 4.69) is 26.7 Å². The summed E-state index contributed by atoms with van der Waals surface area (Å²) in [5.74, 6) is 4.53. The highest BCUT2D eigenvalue weighted by Gasteiger charge is 2.32. The molecule has 0 unspecified atom stereocenters. The number of nitrogens with zero attached hydrogens (tertiary/aromatic N) is 2. The van der Waals surface area contributed by atoms with E-state index in [1.54, 1.807) is 6.92 Å². The van der Waals surface area contributed by atoms with Crippen LogP contribution >= 0.6 is 11.5 Å². The van der Waals surface area contributed by atoms with Crippen LogP contribution in [0.15, 0.2) is 24.3 Å². The molecule has 0 aliphatic rings. The van der Waals surface area contributed by atoms with Gasteiger partial charge in [0.25, 0.3) is 5.91 Å². The summed E-state index contributed by atoms with van der Waals surface area (Å²) in [5.41, 5.74) is -0.422. The molecule has 1 heterocycles. The Morgan fingerprint density at radius 3 is 2.73 bits per heavy atom. The van der Waals surface area contributed by atoms with Crippen molar-refractivity contribution >= 4 is 17.4 Å². The fraction of sp³-hybridized carbons (Fsp3) is 0.214. The summed E-state index contributed by atoms with van der Waals surface area (Å²) in [5, 5.41) is 6.19. The molecule has 0 aliphatic heterocycles. The second-order valence-electron chi connectivity index (χ2n) is 4.22. The van der Waals surface area contributed by atoms with Crippen molar-refractivity contribution in [2.75, 3.05) is 6.54 Å². The summed E-state index contributed by atoms with van der Waals surface area (Å²) in [6.07, 6.45) is -4.46. The molecule has 4 nitrogen and oxygen atoms in total. The Labute approximate surface area is 128 Å². The standard InChI is InChI=1S/C14H10F3N3OS/c1-9-12(22-20-19-9)13(21)18-8-4-6-10-5-2-3-7-11(10)14(15,16)17/h2-3,5,7H,8H2,1H3,(H,18,21). The molecule has 0 fully saturated rings. The number of aryl methyl sites for hydroxylation is 1. The molecule has 0 radical (unpaired) electrons. The highest BCUT2D eigenvalue weighted by atomic mass is 32.1. The third kappa shape index (κ3) is 3.83. The van der Waals surface area contributed by atoms with E-state index < -0.39 is 17.6 Å². The van der Waals surface area contributed by atoms with Gasteiger partial charge < -0.3 is 5.32 Å². The molecular weight excluding hydrogens is 315 g/mol. The van der Waals surface area contributed by atoms with E-state index in [-0.39, 0.29) is 12.1 Å². The van der Waals surface area contributed by atoms with Crippen LogP contribution in [0.5, 0.6) is 0 Å². The van der Waals surface area contributed by atoms with E-state index in [1.165, 1.54) is 18.2 Å². The number of halogens is 3. The van der Waals surface area contributed by atoms with E-state index in [9.17, 15) is 18.0 Å². The number of rotatable bonds is 2. The fourth-order valence-corrected chi connectivity index (χ4v) is 2.20. The molecule has 2 aromatic rings. The molecule has 114 valence electrons. The molecule has 0 atom stereocenters. The SMILES string of the molecule is Cc1nnsc1C(=O)NCC#Cc1ccccc1C(F)(F)F. The molecule has 1 amide bonds. The van der Waals surface area contributed by atoms with Crippen molar-refractivity contribution in [2.45, 2.75) is 13.1 Å². The van der Waals surface area contributed by atoms with Gasteiger partial charge in [0.05, 0.1) is 17.8 Å². The van der Waals surface area contributed by atoms with Crippen molar-refractivity contribution in [2.24, 2.45) is 0 Å². The first-order valence-corrected chi connectivity index (χ1v) is 6.89. The van der Waals surface area contributed by atoms with Gasteiger partial charge in [-0.1, -0.05) is 28.5 Å². The first kappa shape index (κ1) is 16.0. The molecule has 22 heavy (non-hydrogen) atoms. The minimum absolute atomic E-state index is 0.0671. The van der Waals surface area contributed by atoms with Crippen LogP contribution in [0.2, 0.25) is 0 Å². The van der Waals surface area contributed by atoms with Gasteiger partial charge >= 0.3 is 6.18 Å². The lowest BCUT2D eigenvalue weighted by atomic mass is 10.1. The Hall–Kier alpha value is -2.40. The Bertz CT molecular complexity index is 744. The molecular formula is C14H10F3N3OS. The Morgan fingerprint density at radius 2 is 2.09 bits per heavy atom. The van der Waals surface area contributed by atoms with Crippen LogP contribution in [-0.2, 0) is 6.18 Å². The third-order valence-corrected chi connectivity index (χ3v) is 3.48. The van der Waals surface area contributed by atoms with Crippen LogP contribution in [-0.4, -0.2) is 22.0 Å². The average molecular weight is 325 g/mol. The number of amides is 1. The van der Waals surface area contributed by atoms with Gasteiger partial charge in [0.1, 0.15) is 4.88 Å². The van der Waals surface area contributed by atoms with E-state index in [0.29, 0.717) is 10.6 Å². The van der Waals surface area contributed by atoms with Crippen molar-refractivity contribution in [3.63, 3.8) is 0 Å². The number of aromatic nitrogens is 2. The maximum Gasteiger partial charge on any atom is 0.417 e. The number of carbonyl (C=O) groups is 1. The van der Waals surface area contributed by atoms with Crippen LogP contribution in [0.25, 0.3) is 0 Å². The summed E-state index contributed by atoms with van der Waals surface area (Å²) < 4.78 is 41.9. The van der Waals surface area contributed by atoms with Gasteiger partial charge in [-0.15, -0.1) is 5.10 Å². The maximum atomic E-state index is 12.8. The lowest BCUT2D eigenvalue weighted by Gasteiger charge is -2.08. The molecule has 0 spiro atoms. The largest absolute Gasteiger partial charge is 0.417 e. The zero-order valence-corrected chi connectivity index (χ0v) is 12.2. The lowest BCUT2D eigenvalue weighted by molar-refractivity contribution is -0.137. The third-order valence-electron chi connectivity index (χ3n) is 2.65. The molecule has 0 saturated heterocycles. The predicted octanol–water partition coefficient (Wildman–Crippen LogP) is 2.65. The van der Waals surface area contributed by atoms with E-state index in [0.717, 1.165) is 17.6 Å². The number of benzene rings is 1. The van der Waals surface area contributed by atoms with Gasteiger partial charge in [-0.25, -0.2) is 0 Å². The van der Waals surface area contributed by atoms with Crippen LogP contribution in [0, 0.1) is 18.8 Å². The number of hydrogen-bond donors (Lipinski definition) is 1. The highest BCUT2D eigenvalue weighted by molar-refractivity contribution is 7.07. The fourth-order valence-electron chi connectivity index (χ4n) is 1.62. The molecule has 2 rings (SSSR count). The van der Waals surface area contributed by atoms with Gasteiger partial charge in [-0.2, -0.15) is 13.2 Å². The van der Waals surface area contributed by atoms with Crippen LogP contribution in [0.4, 0.5) is 13.2 Å². The van der Waals surface area contributed by atoms with Crippen LogP contribution < -0.4 is 5.32 Å². The maximum absolute atomic E-state index is 12.8. The van der Waals surface area contributed by atoms with Crippen molar-refractivity contribution in [1.82, 2.24) is 14.9 Å². The molecule has 0 saturated carbocycles. The Morgan fingerprint density at radius 1 is 1.36 bits per heavy atom. The van der Waals surface area contributed by atoms with Crippen molar-refractivity contribution in [1.29, 1.82) is 0 Å². The quantitative estimate of drug-likeness (QED) is 0.864. The molecule has 1 aromatic heterocycles. The molecule has 0 aliphatic carbocycles. The van der Waals surface area contributed by atoms with Gasteiger partial charge in [0, 0.05) is 5.56 Å². The second kappa shape index (κ2) is 6.58. The summed E-state index contributed by atoms with van der Waals surface area (Å²) >= 11 is 0.948. The van der Waals surface area contributed by atoms with E-state index >= 15 is 0 Å². The summed E-state index contributed by atoms with van der Waals surface area (Å²) in [6.45, 7) is 1.58. The predicted molar refractivity (Wildman–Crippen MR) is 75.3 cm³/mol. The monoisotopic (exact) mass is 325 g/mol. The Balaban J connectivity index is 2.04. The summed E-state index contributed by atoms with van der Waals surface area (Å²) in [4.78, 5) is 12.1. The molecule has 1 N–H and O–H groups in total. The minimum Gasteiger partial charge on any atom is -0.340 e. The van der Waals surface area contributed by atoms with Gasteiger partial charge in [-0.05, 0) is 30.6 Å². The van der Waals surface area contributed by atoms with Gasteiger partial charge in [0.15, 0.2) is 0 Å². The van der Waals surface area contributed by atoms with Crippen molar-refractivity contribution in [3.8, 4) is 11.8 Å². The average Bonchev–Trinajstić information content (AvgIpc) is 2.89. The lowest BCUT2D eigenvalue weighted by Crippen LogP contribution is -2.23. The number of nitrogens with one attached hydrogen (secondary N) is 1. The van der Waals surface area contributed by atoms with Crippen molar-refractivity contribution in [3.05, 3.63) is 46.0 Å². The Kier molecular flexibility index (Phi) is 4.78. The number of alkyl halides is 3.